The van der Waals surface area contributed by atoms with Gasteiger partial charge in [-0.15, -0.1) is 0 Å². The Hall–Kier alpha value is -3.33. The van der Waals surface area contributed by atoms with Crippen LogP contribution in [0.1, 0.15) is 38.9 Å². The minimum absolute atomic E-state index is 0.739. The van der Waals surface area contributed by atoms with Crippen LogP contribution in [-0.4, -0.2) is 17.4 Å². The van der Waals surface area contributed by atoms with E-state index in [1.807, 2.05) is 0 Å². The van der Waals surface area contributed by atoms with Gasteiger partial charge in [0.25, 0.3) is 0 Å². The molecule has 0 atom stereocenters. The minimum atomic E-state index is 0.739. The molecule has 0 fully saturated rings. The Morgan fingerprint density at radius 1 is 0.710 bits per heavy atom. The largest absolute Gasteiger partial charge is 0.327 e. The Morgan fingerprint density at radius 3 is 1.84 bits per heavy atom. The van der Waals surface area contributed by atoms with Gasteiger partial charge in [0.1, 0.15) is 12.5 Å². The van der Waals surface area contributed by atoms with Gasteiger partial charge in [-0.1, -0.05) is 65.7 Å². The lowest BCUT2D eigenvalue weighted by atomic mass is 10.0. The molecular formula is C28H31N3. The molecule has 3 nitrogen and oxygen atoms in total. The first kappa shape index (κ1) is 20.9. The van der Waals surface area contributed by atoms with E-state index in [2.05, 4.69) is 118 Å². The number of hydrogen-bond acceptors (Lipinski definition) is 2. The highest BCUT2D eigenvalue weighted by atomic mass is 15.4. The molecule has 0 aliphatic carbocycles. The maximum absolute atomic E-state index is 5.20. The predicted molar refractivity (Wildman–Crippen MR) is 132 cm³/mol. The fourth-order valence-corrected chi connectivity index (χ4v) is 4.66. The summed E-state index contributed by atoms with van der Waals surface area (Å²) < 4.78 is 0. The van der Waals surface area contributed by atoms with Crippen LogP contribution >= 0.6 is 0 Å². The predicted octanol–water partition coefficient (Wildman–Crippen LogP) is 6.87. The molecule has 31 heavy (non-hydrogen) atoms. The van der Waals surface area contributed by atoms with Crippen molar-refractivity contribution >= 4 is 17.2 Å². The molecule has 0 saturated carbocycles. The number of aryl methyl sites for hydroxylation is 6. The van der Waals surface area contributed by atoms with Gasteiger partial charge in [0, 0.05) is 23.7 Å². The fourth-order valence-electron chi connectivity index (χ4n) is 4.66. The Bertz CT molecular complexity index is 1130. The standard InChI is InChI=1S/C28H31N3/c1-19-14-21(3)26(22(4)15-19)29-28(25-10-8-7-9-11-25)31-13-12-30(18-31)27-23(5)16-20(2)17-24(27)6/h7-17H,18H2,1-6H3. The molecule has 0 saturated heterocycles. The third kappa shape index (κ3) is 4.27. The summed E-state index contributed by atoms with van der Waals surface area (Å²) >= 11 is 0. The molecule has 0 radical (unpaired) electrons. The molecule has 0 spiro atoms. The lowest BCUT2D eigenvalue weighted by Gasteiger charge is -2.26. The summed E-state index contributed by atoms with van der Waals surface area (Å²) in [6.07, 6.45) is 4.31. The van der Waals surface area contributed by atoms with Crippen LogP contribution in [0.2, 0.25) is 0 Å². The van der Waals surface area contributed by atoms with E-state index in [0.717, 1.165) is 23.8 Å². The van der Waals surface area contributed by atoms with Crippen molar-refractivity contribution in [1.82, 2.24) is 4.90 Å². The SMILES string of the molecule is Cc1cc(C)c(N=C(c2ccccc2)N2C=CN(c3c(C)cc(C)cc3C)C2)c(C)c1. The van der Waals surface area contributed by atoms with Crippen LogP contribution < -0.4 is 4.90 Å². The van der Waals surface area contributed by atoms with Gasteiger partial charge in [0.15, 0.2) is 0 Å². The van der Waals surface area contributed by atoms with E-state index in [1.165, 1.54) is 39.1 Å². The highest BCUT2D eigenvalue weighted by molar-refractivity contribution is 6.01. The van der Waals surface area contributed by atoms with Crippen LogP contribution in [0.5, 0.6) is 0 Å². The van der Waals surface area contributed by atoms with Crippen LogP contribution in [0.15, 0.2) is 72.0 Å². The summed E-state index contributed by atoms with van der Waals surface area (Å²) in [4.78, 5) is 9.76. The maximum Gasteiger partial charge on any atom is 0.142 e. The number of aliphatic imine (C=N–C) groups is 1. The van der Waals surface area contributed by atoms with Gasteiger partial charge in [0.05, 0.1) is 5.69 Å². The van der Waals surface area contributed by atoms with Crippen LogP contribution in [0, 0.1) is 41.5 Å². The number of nitrogens with zero attached hydrogens (tertiary/aromatic N) is 3. The van der Waals surface area contributed by atoms with Gasteiger partial charge < -0.3 is 9.80 Å². The first-order chi connectivity index (χ1) is 14.8. The molecule has 0 N–H and O–H groups in total. The fraction of sp³-hybridized carbons (Fsp3) is 0.250. The van der Waals surface area contributed by atoms with Crippen LogP contribution in [-0.2, 0) is 0 Å². The second-order valence-electron chi connectivity index (χ2n) is 8.68. The van der Waals surface area contributed by atoms with Gasteiger partial charge in [-0.3, -0.25) is 0 Å². The van der Waals surface area contributed by atoms with E-state index in [1.54, 1.807) is 0 Å². The molecule has 0 unspecified atom stereocenters. The van der Waals surface area contributed by atoms with E-state index in [0.29, 0.717) is 0 Å². The summed E-state index contributed by atoms with van der Waals surface area (Å²) in [6.45, 7) is 13.7. The molecule has 3 aromatic rings. The second-order valence-corrected chi connectivity index (χ2v) is 8.68. The van der Waals surface area contributed by atoms with E-state index in [-0.39, 0.29) is 0 Å². The van der Waals surface area contributed by atoms with Crippen molar-refractivity contribution in [2.45, 2.75) is 41.5 Å². The zero-order chi connectivity index (χ0) is 22.1. The van der Waals surface area contributed by atoms with Gasteiger partial charge in [0.2, 0.25) is 0 Å². The average Bonchev–Trinajstić information content (AvgIpc) is 3.16. The van der Waals surface area contributed by atoms with Gasteiger partial charge in [-0.25, -0.2) is 4.99 Å². The topological polar surface area (TPSA) is 18.8 Å². The first-order valence-corrected chi connectivity index (χ1v) is 10.8. The number of amidine groups is 1. The van der Waals surface area contributed by atoms with Crippen LogP contribution in [0.3, 0.4) is 0 Å². The third-order valence-corrected chi connectivity index (χ3v) is 5.81. The summed E-state index contributed by atoms with van der Waals surface area (Å²) in [5.41, 5.74) is 11.0. The molecule has 1 aliphatic rings. The summed E-state index contributed by atoms with van der Waals surface area (Å²) in [5, 5.41) is 0. The van der Waals surface area contributed by atoms with Crippen molar-refractivity contribution in [3.63, 3.8) is 0 Å². The molecule has 3 aromatic carbocycles. The molecular weight excluding hydrogens is 378 g/mol. The quantitative estimate of drug-likeness (QED) is 0.347. The summed E-state index contributed by atoms with van der Waals surface area (Å²) in [6, 6.07) is 19.4. The monoisotopic (exact) mass is 409 g/mol. The van der Waals surface area contributed by atoms with Crippen molar-refractivity contribution in [1.29, 1.82) is 0 Å². The van der Waals surface area contributed by atoms with Crippen LogP contribution in [0.4, 0.5) is 11.4 Å². The molecule has 1 aliphatic heterocycles. The van der Waals surface area contributed by atoms with Gasteiger partial charge >= 0.3 is 0 Å². The number of rotatable bonds is 3. The molecule has 0 aromatic heterocycles. The van der Waals surface area contributed by atoms with Gasteiger partial charge in [-0.05, 0) is 63.8 Å². The Morgan fingerprint density at radius 2 is 1.26 bits per heavy atom. The molecule has 1 heterocycles. The zero-order valence-corrected chi connectivity index (χ0v) is 19.4. The number of anilines is 1. The van der Waals surface area contributed by atoms with Gasteiger partial charge in [-0.2, -0.15) is 0 Å². The molecule has 158 valence electrons. The normalized spacial score (nSPS) is 13.9. The molecule has 0 bridgehead atoms. The third-order valence-electron chi connectivity index (χ3n) is 5.81. The van der Waals surface area contributed by atoms with Crippen molar-refractivity contribution in [3.8, 4) is 0 Å². The molecule has 4 rings (SSSR count). The highest BCUT2D eigenvalue weighted by Crippen LogP contribution is 2.31. The summed E-state index contributed by atoms with van der Waals surface area (Å²) in [5.74, 6) is 0.969. The Labute approximate surface area is 186 Å². The van der Waals surface area contributed by atoms with E-state index < -0.39 is 0 Å². The number of benzene rings is 3. The number of hydrogen-bond donors (Lipinski definition) is 0. The lowest BCUT2D eigenvalue weighted by Crippen LogP contribution is -2.31. The minimum Gasteiger partial charge on any atom is -0.327 e. The van der Waals surface area contributed by atoms with Crippen LogP contribution in [0.25, 0.3) is 0 Å². The smallest absolute Gasteiger partial charge is 0.142 e. The molecule has 0 amide bonds. The van der Waals surface area contributed by atoms with Crippen molar-refractivity contribution in [3.05, 3.63) is 106 Å². The van der Waals surface area contributed by atoms with E-state index >= 15 is 0 Å². The van der Waals surface area contributed by atoms with Crippen molar-refractivity contribution in [2.75, 3.05) is 11.6 Å². The van der Waals surface area contributed by atoms with E-state index in [9.17, 15) is 0 Å². The Kier molecular flexibility index (Phi) is 5.69. The lowest BCUT2D eigenvalue weighted by molar-refractivity contribution is 0.600. The first-order valence-electron chi connectivity index (χ1n) is 10.8. The van der Waals surface area contributed by atoms with Crippen molar-refractivity contribution in [2.24, 2.45) is 4.99 Å². The average molecular weight is 410 g/mol. The maximum atomic E-state index is 5.20. The second kappa shape index (κ2) is 8.43. The molecule has 3 heteroatoms. The summed E-state index contributed by atoms with van der Waals surface area (Å²) in [7, 11) is 0. The van der Waals surface area contributed by atoms with E-state index in [4.69, 9.17) is 4.99 Å². The highest BCUT2D eigenvalue weighted by Gasteiger charge is 2.22. The van der Waals surface area contributed by atoms with Crippen molar-refractivity contribution < 1.29 is 0 Å². The zero-order valence-electron chi connectivity index (χ0n) is 19.4. The Balaban J connectivity index is 1.75.